The number of para-hydroxylation sites is 1. The number of benzene rings is 1. The van der Waals surface area contributed by atoms with Crippen molar-refractivity contribution in [2.75, 3.05) is 25.6 Å². The van der Waals surface area contributed by atoms with Gasteiger partial charge in [0.05, 0.1) is 18.4 Å². The molecular weight excluding hydrogens is 304 g/mol. The van der Waals surface area contributed by atoms with Crippen LogP contribution in [-0.2, 0) is 23.9 Å². The minimum atomic E-state index is -0.759. The van der Waals surface area contributed by atoms with Crippen LogP contribution in [0.2, 0.25) is 0 Å². The fourth-order valence-electron chi connectivity index (χ4n) is 1.68. The highest BCUT2D eigenvalue weighted by atomic mass is 16.5. The van der Waals surface area contributed by atoms with E-state index in [-0.39, 0.29) is 18.0 Å². The van der Waals surface area contributed by atoms with Crippen LogP contribution in [0.1, 0.15) is 22.8 Å². The van der Waals surface area contributed by atoms with E-state index in [1.165, 1.54) is 20.1 Å². The summed E-state index contributed by atoms with van der Waals surface area (Å²) in [5.74, 6) is -2.34. The zero-order valence-electron chi connectivity index (χ0n) is 13.1. The van der Waals surface area contributed by atoms with Crippen LogP contribution in [0.4, 0.5) is 5.69 Å². The molecule has 1 aromatic rings. The smallest absolute Gasteiger partial charge is 0.340 e. The van der Waals surface area contributed by atoms with Gasteiger partial charge in [0.25, 0.3) is 5.91 Å². The van der Waals surface area contributed by atoms with Crippen LogP contribution in [0, 0.1) is 6.92 Å². The van der Waals surface area contributed by atoms with Gasteiger partial charge in [0.1, 0.15) is 6.54 Å². The molecule has 0 aliphatic carbocycles. The summed E-state index contributed by atoms with van der Waals surface area (Å²) in [6.07, 6.45) is 0. The minimum Gasteiger partial charge on any atom is -0.468 e. The Morgan fingerprint density at radius 1 is 1.17 bits per heavy atom. The van der Waals surface area contributed by atoms with Gasteiger partial charge >= 0.3 is 11.9 Å². The third kappa shape index (κ3) is 5.77. The number of ether oxygens (including phenoxy) is 2. The normalized spacial score (nSPS) is 9.70. The van der Waals surface area contributed by atoms with E-state index in [4.69, 9.17) is 4.74 Å². The van der Waals surface area contributed by atoms with Gasteiger partial charge in [0.2, 0.25) is 5.91 Å². The third-order valence-corrected chi connectivity index (χ3v) is 2.79. The Hall–Kier alpha value is -2.90. The number of amides is 2. The quantitative estimate of drug-likeness (QED) is 0.733. The first kappa shape index (κ1) is 18.1. The van der Waals surface area contributed by atoms with Gasteiger partial charge in [-0.3, -0.25) is 14.4 Å². The highest BCUT2D eigenvalue weighted by molar-refractivity contribution is 6.02. The molecule has 1 aromatic carbocycles. The van der Waals surface area contributed by atoms with Crippen LogP contribution < -0.4 is 10.6 Å². The van der Waals surface area contributed by atoms with Gasteiger partial charge in [-0.15, -0.1) is 0 Å². The lowest BCUT2D eigenvalue weighted by Gasteiger charge is -2.12. The van der Waals surface area contributed by atoms with Crippen LogP contribution in [0.5, 0.6) is 0 Å². The zero-order chi connectivity index (χ0) is 17.4. The van der Waals surface area contributed by atoms with Crippen LogP contribution in [0.15, 0.2) is 18.2 Å². The molecule has 2 N–H and O–H groups in total. The lowest BCUT2D eigenvalue weighted by Crippen LogP contribution is -2.33. The van der Waals surface area contributed by atoms with E-state index in [0.29, 0.717) is 11.3 Å². The number of nitrogens with one attached hydrogen (secondary N) is 2. The number of hydrogen-bond acceptors (Lipinski definition) is 6. The number of esters is 2. The first-order chi connectivity index (χ1) is 10.8. The Balaban J connectivity index is 2.68. The Kier molecular flexibility index (Phi) is 6.72. The van der Waals surface area contributed by atoms with Crippen LogP contribution in [-0.4, -0.2) is 44.0 Å². The summed E-state index contributed by atoms with van der Waals surface area (Å²) in [6, 6.07) is 4.84. The van der Waals surface area contributed by atoms with Gasteiger partial charge < -0.3 is 20.1 Å². The minimum absolute atomic E-state index is 0.140. The first-order valence-corrected chi connectivity index (χ1v) is 6.73. The third-order valence-electron chi connectivity index (χ3n) is 2.79. The summed E-state index contributed by atoms with van der Waals surface area (Å²) in [7, 11) is 1.19. The number of rotatable bonds is 6. The lowest BCUT2D eigenvalue weighted by molar-refractivity contribution is -0.141. The molecular formula is C15H18N2O6. The highest BCUT2D eigenvalue weighted by Crippen LogP contribution is 2.21. The molecule has 0 radical (unpaired) electrons. The average Bonchev–Trinajstić information content (AvgIpc) is 2.51. The maximum absolute atomic E-state index is 12.1. The number of anilines is 1. The monoisotopic (exact) mass is 322 g/mol. The molecule has 0 saturated carbocycles. The maximum atomic E-state index is 12.1. The molecule has 0 atom stereocenters. The van der Waals surface area contributed by atoms with Crippen LogP contribution in [0.3, 0.4) is 0 Å². The van der Waals surface area contributed by atoms with Crippen molar-refractivity contribution < 1.29 is 28.7 Å². The molecule has 0 unspecified atom stereocenters. The Morgan fingerprint density at radius 2 is 1.87 bits per heavy atom. The van der Waals surface area contributed by atoms with E-state index in [9.17, 15) is 19.2 Å². The second kappa shape index (κ2) is 8.52. The number of hydrogen-bond donors (Lipinski definition) is 2. The zero-order valence-corrected chi connectivity index (χ0v) is 13.1. The summed E-state index contributed by atoms with van der Waals surface area (Å²) in [5, 5.41) is 4.79. The Bertz CT molecular complexity index is 626. The predicted octanol–water partition coefficient (Wildman–Crippen LogP) is 0.399. The average molecular weight is 322 g/mol. The van der Waals surface area contributed by atoms with Crippen LogP contribution in [0.25, 0.3) is 0 Å². The van der Waals surface area contributed by atoms with E-state index in [0.717, 1.165) is 0 Å². The summed E-state index contributed by atoms with van der Waals surface area (Å²) < 4.78 is 9.24. The molecule has 2 amide bonds. The van der Waals surface area contributed by atoms with Crippen molar-refractivity contribution in [2.24, 2.45) is 0 Å². The van der Waals surface area contributed by atoms with Crippen molar-refractivity contribution in [2.45, 2.75) is 13.8 Å². The van der Waals surface area contributed by atoms with Crippen molar-refractivity contribution in [3.63, 3.8) is 0 Å². The van der Waals surface area contributed by atoms with Gasteiger partial charge in [-0.2, -0.15) is 0 Å². The van der Waals surface area contributed by atoms with Crippen molar-refractivity contribution in [1.82, 2.24) is 5.32 Å². The summed E-state index contributed by atoms with van der Waals surface area (Å²) in [4.78, 5) is 45.6. The summed E-state index contributed by atoms with van der Waals surface area (Å²) >= 11 is 0. The number of carbonyl (C=O) groups is 4. The topological polar surface area (TPSA) is 111 Å². The van der Waals surface area contributed by atoms with Crippen molar-refractivity contribution in [3.05, 3.63) is 29.3 Å². The molecule has 0 aliphatic rings. The SMILES string of the molecule is COC(=O)CNC(=O)COC(=O)c1cccc(C)c1NC(C)=O. The summed E-state index contributed by atoms with van der Waals surface area (Å²) in [6.45, 7) is 2.19. The molecule has 1 rings (SSSR count). The first-order valence-electron chi connectivity index (χ1n) is 6.73. The van der Waals surface area contributed by atoms with E-state index >= 15 is 0 Å². The maximum Gasteiger partial charge on any atom is 0.340 e. The number of carbonyl (C=O) groups excluding carboxylic acids is 4. The van der Waals surface area contributed by atoms with Crippen molar-refractivity contribution in [1.29, 1.82) is 0 Å². The van der Waals surface area contributed by atoms with Gasteiger partial charge in [-0.25, -0.2) is 4.79 Å². The fraction of sp³-hybridized carbons (Fsp3) is 0.333. The van der Waals surface area contributed by atoms with Crippen molar-refractivity contribution in [3.8, 4) is 0 Å². The molecule has 124 valence electrons. The second-order valence-electron chi connectivity index (χ2n) is 4.61. The van der Waals surface area contributed by atoms with Crippen LogP contribution >= 0.6 is 0 Å². The van der Waals surface area contributed by atoms with E-state index < -0.39 is 24.5 Å². The number of methoxy groups -OCH3 is 1. The lowest BCUT2D eigenvalue weighted by atomic mass is 10.1. The van der Waals surface area contributed by atoms with E-state index in [1.807, 2.05) is 0 Å². The standard InChI is InChI=1S/C15H18N2O6/c1-9-5-4-6-11(14(9)17-10(2)18)15(21)23-8-12(19)16-7-13(20)22-3/h4-6H,7-8H2,1-3H3,(H,16,19)(H,17,18). The molecule has 0 heterocycles. The fourth-order valence-corrected chi connectivity index (χ4v) is 1.68. The molecule has 0 saturated heterocycles. The van der Waals surface area contributed by atoms with Gasteiger partial charge in [-0.05, 0) is 18.6 Å². The second-order valence-corrected chi connectivity index (χ2v) is 4.61. The molecule has 23 heavy (non-hydrogen) atoms. The number of aryl methyl sites for hydroxylation is 1. The van der Waals surface area contributed by atoms with Gasteiger partial charge in [0, 0.05) is 6.92 Å². The Morgan fingerprint density at radius 3 is 2.48 bits per heavy atom. The van der Waals surface area contributed by atoms with Gasteiger partial charge in [0.15, 0.2) is 6.61 Å². The molecule has 0 fully saturated rings. The molecule has 0 bridgehead atoms. The Labute approximate surface area is 133 Å². The van der Waals surface area contributed by atoms with E-state index in [1.54, 1.807) is 19.1 Å². The predicted molar refractivity (Wildman–Crippen MR) is 80.8 cm³/mol. The molecule has 8 heteroatoms. The van der Waals surface area contributed by atoms with E-state index in [2.05, 4.69) is 15.4 Å². The molecule has 0 aromatic heterocycles. The molecule has 0 aliphatic heterocycles. The van der Waals surface area contributed by atoms with Crippen molar-refractivity contribution >= 4 is 29.4 Å². The highest BCUT2D eigenvalue weighted by Gasteiger charge is 2.17. The largest absolute Gasteiger partial charge is 0.468 e. The molecule has 0 spiro atoms. The van der Waals surface area contributed by atoms with Gasteiger partial charge in [-0.1, -0.05) is 12.1 Å². The summed E-state index contributed by atoms with van der Waals surface area (Å²) in [5.41, 5.74) is 1.16. The molecule has 8 nitrogen and oxygen atoms in total.